The number of nitrogens with one attached hydrogen (secondary N) is 1. The van der Waals surface area contributed by atoms with Crippen LogP contribution in [-0.2, 0) is 21.5 Å². The molecule has 0 aromatic carbocycles. The van der Waals surface area contributed by atoms with E-state index in [9.17, 15) is 4.79 Å². The highest BCUT2D eigenvalue weighted by atomic mass is 32.1. The number of rotatable bonds is 4. The molecule has 1 N–H and O–H groups in total. The smallest absolute Gasteiger partial charge is 0.322 e. The normalized spacial score (nSPS) is 13.5. The minimum Gasteiger partial charge on any atom is -0.468 e. The maximum atomic E-state index is 11.2. The summed E-state index contributed by atoms with van der Waals surface area (Å²) in [6.45, 7) is 8.85. The van der Waals surface area contributed by atoms with E-state index in [1.165, 1.54) is 7.11 Å². The van der Waals surface area contributed by atoms with Gasteiger partial charge in [0.15, 0.2) is 0 Å². The van der Waals surface area contributed by atoms with E-state index in [-0.39, 0.29) is 17.4 Å². The number of hydrogen-bond acceptors (Lipinski definition) is 5. The minimum atomic E-state index is -0.291. The molecule has 0 aliphatic carbocycles. The van der Waals surface area contributed by atoms with Gasteiger partial charge in [-0.05, 0) is 6.92 Å². The number of carbonyl (C=O) groups excluding carboxylic acids is 1. The molecule has 4 nitrogen and oxygen atoms in total. The molecular weight excluding hydrogens is 236 g/mol. The van der Waals surface area contributed by atoms with Crippen molar-refractivity contribution in [1.82, 2.24) is 10.3 Å². The highest BCUT2D eigenvalue weighted by molar-refractivity contribution is 7.11. The van der Waals surface area contributed by atoms with Crippen LogP contribution in [0.4, 0.5) is 0 Å². The number of ether oxygens (including phenoxy) is 1. The Morgan fingerprint density at radius 1 is 1.59 bits per heavy atom. The van der Waals surface area contributed by atoms with Crippen molar-refractivity contribution in [3.05, 3.63) is 16.1 Å². The van der Waals surface area contributed by atoms with Crippen LogP contribution >= 0.6 is 11.3 Å². The molecule has 5 heteroatoms. The molecule has 1 atom stereocenters. The van der Waals surface area contributed by atoms with Crippen LogP contribution < -0.4 is 5.32 Å². The first kappa shape index (κ1) is 14.1. The van der Waals surface area contributed by atoms with Crippen molar-refractivity contribution in [3.63, 3.8) is 0 Å². The lowest BCUT2D eigenvalue weighted by Crippen LogP contribution is -2.34. The summed E-state index contributed by atoms with van der Waals surface area (Å²) in [5, 5.41) is 4.22. The van der Waals surface area contributed by atoms with Crippen molar-refractivity contribution >= 4 is 17.3 Å². The fourth-order valence-electron chi connectivity index (χ4n) is 1.25. The van der Waals surface area contributed by atoms with Gasteiger partial charge in [0.05, 0.1) is 12.1 Å². The van der Waals surface area contributed by atoms with Crippen molar-refractivity contribution in [3.8, 4) is 0 Å². The second-order valence-electron chi connectivity index (χ2n) is 5.01. The molecule has 1 rings (SSSR count). The van der Waals surface area contributed by atoms with Gasteiger partial charge in [0, 0.05) is 23.0 Å². The van der Waals surface area contributed by atoms with Crippen LogP contribution in [-0.4, -0.2) is 24.1 Å². The maximum absolute atomic E-state index is 11.2. The number of methoxy groups -OCH3 is 1. The minimum absolute atomic E-state index is 0.0802. The topological polar surface area (TPSA) is 51.2 Å². The number of aromatic nitrogens is 1. The first-order chi connectivity index (χ1) is 7.84. The average molecular weight is 256 g/mol. The summed E-state index contributed by atoms with van der Waals surface area (Å²) in [5.74, 6) is -0.245. The average Bonchev–Trinajstić information content (AvgIpc) is 2.72. The lowest BCUT2D eigenvalue weighted by atomic mass is 9.98. The summed E-state index contributed by atoms with van der Waals surface area (Å²) in [4.78, 5) is 16.7. The SMILES string of the molecule is COC(=O)[C@H](C)NCc1cnc(C(C)(C)C)s1. The second kappa shape index (κ2) is 5.60. The van der Waals surface area contributed by atoms with E-state index in [2.05, 4.69) is 35.8 Å². The zero-order valence-electron chi connectivity index (χ0n) is 11.0. The summed E-state index contributed by atoms with van der Waals surface area (Å²) in [5.41, 5.74) is 0.0802. The van der Waals surface area contributed by atoms with Gasteiger partial charge in [-0.2, -0.15) is 0 Å². The van der Waals surface area contributed by atoms with E-state index in [4.69, 9.17) is 0 Å². The molecule has 17 heavy (non-hydrogen) atoms. The molecule has 1 aromatic rings. The number of carbonyl (C=O) groups is 1. The Kier molecular flexibility index (Phi) is 4.65. The first-order valence-electron chi connectivity index (χ1n) is 5.61. The molecule has 0 aliphatic heterocycles. The van der Waals surface area contributed by atoms with Crippen LogP contribution in [0.25, 0.3) is 0 Å². The third kappa shape index (κ3) is 4.09. The monoisotopic (exact) mass is 256 g/mol. The fourth-order valence-corrected chi connectivity index (χ4v) is 2.17. The number of esters is 1. The van der Waals surface area contributed by atoms with E-state index in [0.717, 1.165) is 9.88 Å². The van der Waals surface area contributed by atoms with E-state index in [1.807, 2.05) is 6.20 Å². The van der Waals surface area contributed by atoms with Crippen LogP contribution in [0.3, 0.4) is 0 Å². The van der Waals surface area contributed by atoms with E-state index in [1.54, 1.807) is 18.3 Å². The summed E-state index contributed by atoms with van der Waals surface area (Å²) in [6.07, 6.45) is 1.86. The van der Waals surface area contributed by atoms with Crippen molar-refractivity contribution in [2.24, 2.45) is 0 Å². The molecule has 0 fully saturated rings. The lowest BCUT2D eigenvalue weighted by molar-refractivity contribution is -0.142. The predicted molar refractivity (Wildman–Crippen MR) is 69.1 cm³/mol. The zero-order chi connectivity index (χ0) is 13.1. The molecule has 0 unspecified atom stereocenters. The Morgan fingerprint density at radius 3 is 2.71 bits per heavy atom. The molecule has 0 saturated heterocycles. The van der Waals surface area contributed by atoms with Gasteiger partial charge in [0.2, 0.25) is 0 Å². The van der Waals surface area contributed by atoms with Crippen LogP contribution in [0.1, 0.15) is 37.6 Å². The molecule has 0 spiro atoms. The molecular formula is C12H20N2O2S. The standard InChI is InChI=1S/C12H20N2O2S/c1-8(10(15)16-5)13-6-9-7-14-11(17-9)12(2,3)4/h7-8,13H,6H2,1-5H3/t8-/m0/s1. The van der Waals surface area contributed by atoms with Gasteiger partial charge in [0.1, 0.15) is 6.04 Å². The van der Waals surface area contributed by atoms with Gasteiger partial charge >= 0.3 is 5.97 Å². The van der Waals surface area contributed by atoms with E-state index in [0.29, 0.717) is 6.54 Å². The van der Waals surface area contributed by atoms with Crippen LogP contribution in [0, 0.1) is 0 Å². The Bertz CT molecular complexity index is 382. The van der Waals surface area contributed by atoms with Gasteiger partial charge < -0.3 is 4.74 Å². The Balaban J connectivity index is 2.53. The van der Waals surface area contributed by atoms with E-state index < -0.39 is 0 Å². The van der Waals surface area contributed by atoms with Crippen molar-refractivity contribution < 1.29 is 9.53 Å². The molecule has 1 heterocycles. The number of thiazole rings is 1. The number of hydrogen-bond donors (Lipinski definition) is 1. The molecule has 0 saturated carbocycles. The largest absolute Gasteiger partial charge is 0.468 e. The third-order valence-corrected chi connectivity index (χ3v) is 3.76. The van der Waals surface area contributed by atoms with Gasteiger partial charge in [-0.3, -0.25) is 10.1 Å². The first-order valence-corrected chi connectivity index (χ1v) is 6.42. The number of nitrogens with zero attached hydrogens (tertiary/aromatic N) is 1. The Morgan fingerprint density at radius 2 is 2.24 bits per heavy atom. The molecule has 1 aromatic heterocycles. The van der Waals surface area contributed by atoms with Gasteiger partial charge in [-0.25, -0.2) is 4.98 Å². The zero-order valence-corrected chi connectivity index (χ0v) is 11.9. The maximum Gasteiger partial charge on any atom is 0.322 e. The fraction of sp³-hybridized carbons (Fsp3) is 0.667. The van der Waals surface area contributed by atoms with Crippen LogP contribution in [0.15, 0.2) is 6.20 Å². The quantitative estimate of drug-likeness (QED) is 0.838. The van der Waals surface area contributed by atoms with Gasteiger partial charge in [-0.1, -0.05) is 20.8 Å². The van der Waals surface area contributed by atoms with Crippen molar-refractivity contribution in [2.45, 2.75) is 45.7 Å². The van der Waals surface area contributed by atoms with Gasteiger partial charge in [0.25, 0.3) is 0 Å². The second-order valence-corrected chi connectivity index (χ2v) is 6.12. The molecule has 0 radical (unpaired) electrons. The highest BCUT2D eigenvalue weighted by Crippen LogP contribution is 2.26. The van der Waals surface area contributed by atoms with E-state index >= 15 is 0 Å². The molecule has 0 amide bonds. The summed E-state index contributed by atoms with van der Waals surface area (Å²) >= 11 is 1.68. The summed E-state index contributed by atoms with van der Waals surface area (Å²) in [7, 11) is 1.39. The van der Waals surface area contributed by atoms with Crippen LogP contribution in [0.5, 0.6) is 0 Å². The Hall–Kier alpha value is -0.940. The summed E-state index contributed by atoms with van der Waals surface area (Å²) in [6, 6.07) is -0.291. The third-order valence-electron chi connectivity index (χ3n) is 2.33. The molecule has 0 aliphatic rings. The van der Waals surface area contributed by atoms with Crippen molar-refractivity contribution in [1.29, 1.82) is 0 Å². The lowest BCUT2D eigenvalue weighted by Gasteiger charge is -2.13. The predicted octanol–water partition coefficient (Wildman–Crippen LogP) is 2.09. The molecule has 96 valence electrons. The Labute approximate surface area is 106 Å². The molecule has 0 bridgehead atoms. The van der Waals surface area contributed by atoms with Crippen molar-refractivity contribution in [2.75, 3.05) is 7.11 Å². The summed E-state index contributed by atoms with van der Waals surface area (Å²) < 4.78 is 4.65. The van der Waals surface area contributed by atoms with Crippen LogP contribution in [0.2, 0.25) is 0 Å². The van der Waals surface area contributed by atoms with Gasteiger partial charge in [-0.15, -0.1) is 11.3 Å². The highest BCUT2D eigenvalue weighted by Gasteiger charge is 2.18.